The van der Waals surface area contributed by atoms with Crippen LogP contribution in [0.5, 0.6) is 5.75 Å². The second kappa shape index (κ2) is 13.4. The van der Waals surface area contributed by atoms with Crippen LogP contribution < -0.4 is 27.4 Å². The molecule has 0 radical (unpaired) electrons. The first-order valence-electron chi connectivity index (χ1n) is 10.1. The molecule has 188 valence electrons. The maximum atomic E-state index is 12.7. The fraction of sp³-hybridized carbons (Fsp3) is 0.450. The van der Waals surface area contributed by atoms with Gasteiger partial charge in [-0.3, -0.25) is 19.2 Å². The zero-order chi connectivity index (χ0) is 26.0. The zero-order valence-electron chi connectivity index (χ0n) is 18.3. The molecule has 4 amide bonds. The summed E-state index contributed by atoms with van der Waals surface area (Å²) in [5.74, 6) is -5.41. The number of thiol groups is 1. The number of nitrogens with one attached hydrogen (secondary N) is 3. The van der Waals surface area contributed by atoms with E-state index in [1.165, 1.54) is 19.1 Å². The number of carboxylic acid groups (broad SMARTS) is 1. The van der Waals surface area contributed by atoms with Crippen molar-refractivity contribution in [2.45, 2.75) is 50.0 Å². The van der Waals surface area contributed by atoms with Crippen LogP contribution in [0.3, 0.4) is 0 Å². The van der Waals surface area contributed by atoms with Crippen molar-refractivity contribution in [1.82, 2.24) is 16.0 Å². The lowest BCUT2D eigenvalue weighted by Gasteiger charge is -2.26. The van der Waals surface area contributed by atoms with Crippen LogP contribution in [0.1, 0.15) is 18.9 Å². The lowest BCUT2D eigenvalue weighted by Crippen LogP contribution is -2.60. The van der Waals surface area contributed by atoms with Crippen LogP contribution in [-0.4, -0.2) is 80.9 Å². The van der Waals surface area contributed by atoms with Gasteiger partial charge in [-0.05, 0) is 31.0 Å². The molecule has 0 heterocycles. The molecule has 1 rings (SSSR count). The molecule has 0 aromatic heterocycles. The van der Waals surface area contributed by atoms with Gasteiger partial charge in [0, 0.05) is 5.75 Å². The first-order chi connectivity index (χ1) is 15.8. The van der Waals surface area contributed by atoms with E-state index in [0.717, 1.165) is 0 Å². The lowest BCUT2D eigenvalue weighted by molar-refractivity contribution is -0.142. The second-order valence-electron chi connectivity index (χ2n) is 7.52. The molecular weight excluding hydrogens is 470 g/mol. The summed E-state index contributed by atoms with van der Waals surface area (Å²) in [5.41, 5.74) is 11.6. The van der Waals surface area contributed by atoms with Gasteiger partial charge >= 0.3 is 5.97 Å². The summed E-state index contributed by atoms with van der Waals surface area (Å²) in [6.45, 7) is 1.21. The topological polar surface area (TPSA) is 234 Å². The standard InChI is InChI=1S/C20H29N5O8S/c1-9(26)16(25-17(29)12(21)6-10-2-4-11(27)5-3-10)19(31)23-13(7-15(22)28)18(30)24-14(8-34)20(32)33/h2-5,9,12-14,16,26-27,34H,6-8,21H2,1H3,(H2,22,28)(H,23,31)(H,24,30)(H,25,29)(H,32,33). The number of primary amides is 1. The van der Waals surface area contributed by atoms with Crippen molar-refractivity contribution in [3.05, 3.63) is 29.8 Å². The van der Waals surface area contributed by atoms with Crippen LogP contribution in [-0.2, 0) is 30.4 Å². The number of rotatable bonds is 13. The molecule has 0 saturated carbocycles. The van der Waals surface area contributed by atoms with Gasteiger partial charge in [-0.25, -0.2) is 4.79 Å². The third kappa shape index (κ3) is 9.25. The minimum Gasteiger partial charge on any atom is -0.508 e. The molecule has 0 spiro atoms. The molecule has 0 fully saturated rings. The monoisotopic (exact) mass is 499 g/mol. The highest BCUT2D eigenvalue weighted by Gasteiger charge is 2.33. The lowest BCUT2D eigenvalue weighted by atomic mass is 10.0. The van der Waals surface area contributed by atoms with Crippen LogP contribution in [0.2, 0.25) is 0 Å². The Bertz CT molecular complexity index is 895. The maximum absolute atomic E-state index is 12.7. The van der Waals surface area contributed by atoms with Crippen molar-refractivity contribution in [2.24, 2.45) is 11.5 Å². The smallest absolute Gasteiger partial charge is 0.327 e. The first kappa shape index (κ1) is 28.7. The van der Waals surface area contributed by atoms with E-state index in [4.69, 9.17) is 16.6 Å². The van der Waals surface area contributed by atoms with Gasteiger partial charge in [0.1, 0.15) is 23.9 Å². The molecule has 1 aromatic rings. The highest BCUT2D eigenvalue weighted by Crippen LogP contribution is 2.11. The number of benzene rings is 1. The minimum absolute atomic E-state index is 0.0335. The summed E-state index contributed by atoms with van der Waals surface area (Å²) < 4.78 is 0. The van der Waals surface area contributed by atoms with E-state index >= 15 is 0 Å². The van der Waals surface area contributed by atoms with Gasteiger partial charge in [0.05, 0.1) is 18.6 Å². The minimum atomic E-state index is -1.57. The van der Waals surface area contributed by atoms with E-state index in [2.05, 4.69) is 28.6 Å². The number of carboxylic acids is 1. The predicted molar refractivity (Wildman–Crippen MR) is 123 cm³/mol. The fourth-order valence-electron chi connectivity index (χ4n) is 2.77. The normalized spacial score (nSPS) is 15.2. The quantitative estimate of drug-likeness (QED) is 0.125. The molecule has 0 aliphatic heterocycles. The molecule has 5 atom stereocenters. The average Bonchev–Trinajstić information content (AvgIpc) is 2.75. The molecular formula is C20H29N5O8S. The number of hydrogen-bond acceptors (Lipinski definition) is 9. The molecule has 13 nitrogen and oxygen atoms in total. The molecule has 1 aromatic carbocycles. The zero-order valence-corrected chi connectivity index (χ0v) is 19.2. The van der Waals surface area contributed by atoms with Gasteiger partial charge < -0.3 is 42.7 Å². The average molecular weight is 500 g/mol. The Hall–Kier alpha value is -3.36. The number of phenols is 1. The highest BCUT2D eigenvalue weighted by molar-refractivity contribution is 7.80. The van der Waals surface area contributed by atoms with E-state index in [-0.39, 0.29) is 17.9 Å². The molecule has 0 aliphatic rings. The Morgan fingerprint density at radius 2 is 1.53 bits per heavy atom. The van der Waals surface area contributed by atoms with Crippen molar-refractivity contribution in [3.8, 4) is 5.75 Å². The number of hydrogen-bond donors (Lipinski definition) is 9. The van der Waals surface area contributed by atoms with Gasteiger partial charge in [0.15, 0.2) is 0 Å². The third-order valence-electron chi connectivity index (χ3n) is 4.63. The van der Waals surface area contributed by atoms with Crippen molar-refractivity contribution in [1.29, 1.82) is 0 Å². The summed E-state index contributed by atoms with van der Waals surface area (Å²) in [5, 5.41) is 35.0. The van der Waals surface area contributed by atoms with Crippen LogP contribution in [0.4, 0.5) is 0 Å². The van der Waals surface area contributed by atoms with Crippen molar-refractivity contribution >= 4 is 42.2 Å². The Morgan fingerprint density at radius 3 is 2.00 bits per heavy atom. The Kier molecular flexibility index (Phi) is 11.3. The third-order valence-corrected chi connectivity index (χ3v) is 4.99. The maximum Gasteiger partial charge on any atom is 0.327 e. The second-order valence-corrected chi connectivity index (χ2v) is 7.88. The summed E-state index contributed by atoms with van der Waals surface area (Å²) in [6.07, 6.45) is -2.03. The van der Waals surface area contributed by atoms with Gasteiger partial charge in [0.25, 0.3) is 0 Å². The fourth-order valence-corrected chi connectivity index (χ4v) is 3.02. The number of aromatic hydroxyl groups is 1. The number of amides is 4. The molecule has 0 bridgehead atoms. The summed E-state index contributed by atoms with van der Waals surface area (Å²) in [4.78, 5) is 60.1. The molecule has 0 aliphatic carbocycles. The van der Waals surface area contributed by atoms with E-state index in [0.29, 0.717) is 5.56 Å². The van der Waals surface area contributed by atoms with Crippen molar-refractivity contribution < 1.29 is 39.3 Å². The summed E-state index contributed by atoms with van der Waals surface area (Å²) >= 11 is 3.82. The highest BCUT2D eigenvalue weighted by atomic mass is 32.1. The van der Waals surface area contributed by atoms with Crippen molar-refractivity contribution in [3.63, 3.8) is 0 Å². The number of carbonyl (C=O) groups is 5. The van der Waals surface area contributed by atoms with Gasteiger partial charge in [-0.15, -0.1) is 0 Å². The number of aliphatic hydroxyl groups is 1. The van der Waals surface area contributed by atoms with E-state index in [9.17, 15) is 34.2 Å². The first-order valence-corrected chi connectivity index (χ1v) is 10.7. The molecule has 5 unspecified atom stereocenters. The Morgan fingerprint density at radius 1 is 0.971 bits per heavy atom. The van der Waals surface area contributed by atoms with E-state index < -0.39 is 66.3 Å². The van der Waals surface area contributed by atoms with E-state index in [1.54, 1.807) is 12.1 Å². The van der Waals surface area contributed by atoms with Crippen LogP contribution in [0.15, 0.2) is 24.3 Å². The molecule has 14 heteroatoms. The summed E-state index contributed by atoms with van der Waals surface area (Å²) in [7, 11) is 0. The van der Waals surface area contributed by atoms with E-state index in [1.807, 2.05) is 0 Å². The van der Waals surface area contributed by atoms with Gasteiger partial charge in [-0.1, -0.05) is 12.1 Å². The van der Waals surface area contributed by atoms with Crippen LogP contribution in [0, 0.1) is 0 Å². The molecule has 10 N–H and O–H groups in total. The number of nitrogens with two attached hydrogens (primary N) is 2. The number of aliphatic hydroxyl groups excluding tert-OH is 1. The van der Waals surface area contributed by atoms with Crippen molar-refractivity contribution in [2.75, 3.05) is 5.75 Å². The number of aliphatic carboxylic acids is 1. The predicted octanol–water partition coefficient (Wildman–Crippen LogP) is -3.01. The van der Waals surface area contributed by atoms with Crippen LogP contribution >= 0.6 is 12.6 Å². The van der Waals surface area contributed by atoms with Gasteiger partial charge in [0.2, 0.25) is 23.6 Å². The summed E-state index contributed by atoms with van der Waals surface area (Å²) in [6, 6.07) is 0.310. The largest absolute Gasteiger partial charge is 0.508 e. The number of carbonyl (C=O) groups excluding carboxylic acids is 4. The number of phenolic OH excluding ortho intramolecular Hbond substituents is 1. The Labute approximate surface area is 200 Å². The van der Waals surface area contributed by atoms with Gasteiger partial charge in [-0.2, -0.15) is 12.6 Å². The molecule has 0 saturated heterocycles. The Balaban J connectivity index is 2.90. The molecule has 34 heavy (non-hydrogen) atoms. The van der Waals surface area contributed by atoms with Crippen LogP contribution in [0.25, 0.3) is 0 Å². The SMILES string of the molecule is CC(O)C(NC(=O)C(N)Cc1ccc(O)cc1)C(=O)NC(CC(N)=O)C(=O)NC(CS)C(=O)O.